The van der Waals surface area contributed by atoms with Gasteiger partial charge in [0.2, 0.25) is 0 Å². The minimum absolute atomic E-state index is 0.104. The van der Waals surface area contributed by atoms with Crippen LogP contribution in [0.2, 0.25) is 0 Å². The molecule has 0 saturated carbocycles. The summed E-state index contributed by atoms with van der Waals surface area (Å²) in [5.41, 5.74) is 4.75. The summed E-state index contributed by atoms with van der Waals surface area (Å²) < 4.78 is 1.57. The predicted molar refractivity (Wildman–Crippen MR) is 111 cm³/mol. The fourth-order valence-electron chi connectivity index (χ4n) is 3.19. The van der Waals surface area contributed by atoms with Crippen LogP contribution in [-0.2, 0) is 6.42 Å². The SMILES string of the molecule is CC(=NCCc1cnc[nH]1)c1c(-c2ccccc2)[nH]n(-c2ccccc2)c1=O. The molecule has 2 heterocycles. The van der Waals surface area contributed by atoms with Crippen LogP contribution in [0.5, 0.6) is 0 Å². The second kappa shape index (κ2) is 7.92. The predicted octanol–water partition coefficient (Wildman–Crippen LogP) is 3.61. The molecule has 140 valence electrons. The third-order valence-electron chi connectivity index (χ3n) is 4.61. The largest absolute Gasteiger partial charge is 0.348 e. The Labute approximate surface area is 162 Å². The molecule has 2 aromatic carbocycles. The molecule has 2 N–H and O–H groups in total. The van der Waals surface area contributed by atoms with Crippen molar-refractivity contribution in [3.8, 4) is 16.9 Å². The number of rotatable bonds is 6. The zero-order valence-corrected chi connectivity index (χ0v) is 15.6. The Bertz CT molecular complexity index is 1120. The molecule has 0 fully saturated rings. The van der Waals surface area contributed by atoms with Crippen LogP contribution in [0.3, 0.4) is 0 Å². The molecule has 0 spiro atoms. The first-order valence-electron chi connectivity index (χ1n) is 9.18. The van der Waals surface area contributed by atoms with Gasteiger partial charge in [0.05, 0.1) is 23.3 Å². The van der Waals surface area contributed by atoms with Crippen LogP contribution in [0.25, 0.3) is 16.9 Å². The monoisotopic (exact) mass is 371 g/mol. The first-order valence-corrected chi connectivity index (χ1v) is 9.18. The van der Waals surface area contributed by atoms with Crippen molar-refractivity contribution >= 4 is 5.71 Å². The lowest BCUT2D eigenvalue weighted by molar-refractivity contribution is 0.852. The number of nitrogens with zero attached hydrogens (tertiary/aromatic N) is 3. The Balaban J connectivity index is 1.76. The van der Waals surface area contributed by atoms with E-state index in [-0.39, 0.29) is 5.56 Å². The normalized spacial score (nSPS) is 11.7. The van der Waals surface area contributed by atoms with Gasteiger partial charge in [0.1, 0.15) is 0 Å². The van der Waals surface area contributed by atoms with Crippen molar-refractivity contribution in [2.24, 2.45) is 4.99 Å². The number of H-pyrrole nitrogens is 2. The van der Waals surface area contributed by atoms with E-state index in [1.54, 1.807) is 17.2 Å². The van der Waals surface area contributed by atoms with Crippen molar-refractivity contribution in [3.63, 3.8) is 0 Å². The summed E-state index contributed by atoms with van der Waals surface area (Å²) in [7, 11) is 0. The van der Waals surface area contributed by atoms with E-state index in [4.69, 9.17) is 0 Å². The highest BCUT2D eigenvalue weighted by Gasteiger charge is 2.18. The van der Waals surface area contributed by atoms with E-state index >= 15 is 0 Å². The Morgan fingerprint density at radius 2 is 1.79 bits per heavy atom. The molecule has 0 bridgehead atoms. The van der Waals surface area contributed by atoms with Gasteiger partial charge in [0.15, 0.2) is 0 Å². The van der Waals surface area contributed by atoms with Crippen LogP contribution in [0.15, 0.2) is 83.0 Å². The van der Waals surface area contributed by atoms with E-state index < -0.39 is 0 Å². The van der Waals surface area contributed by atoms with Crippen molar-refractivity contribution in [3.05, 3.63) is 94.8 Å². The zero-order chi connectivity index (χ0) is 19.3. The second-order valence-electron chi connectivity index (χ2n) is 6.50. The average molecular weight is 371 g/mol. The molecule has 0 atom stereocenters. The molecule has 6 heteroatoms. The van der Waals surface area contributed by atoms with E-state index in [1.165, 1.54) is 0 Å². The van der Waals surface area contributed by atoms with E-state index in [9.17, 15) is 4.79 Å². The average Bonchev–Trinajstić information content (AvgIpc) is 3.37. The van der Waals surface area contributed by atoms with Gasteiger partial charge in [-0.15, -0.1) is 0 Å². The summed E-state index contributed by atoms with van der Waals surface area (Å²) in [5.74, 6) is 0. The molecule has 0 aliphatic carbocycles. The summed E-state index contributed by atoms with van der Waals surface area (Å²) in [4.78, 5) is 25.0. The smallest absolute Gasteiger partial charge is 0.280 e. The first-order chi connectivity index (χ1) is 13.7. The summed E-state index contributed by atoms with van der Waals surface area (Å²) in [6, 6.07) is 19.4. The number of benzene rings is 2. The van der Waals surface area contributed by atoms with Gasteiger partial charge >= 0.3 is 0 Å². The van der Waals surface area contributed by atoms with E-state index in [0.717, 1.165) is 29.1 Å². The standard InChI is InChI=1S/C22H21N5O/c1-16(24-13-12-18-14-23-15-25-18)20-21(17-8-4-2-5-9-17)26-27(22(20)28)19-10-6-3-7-11-19/h2-11,14-15,26H,12-13H2,1H3,(H,23,25). The topological polar surface area (TPSA) is 78.8 Å². The van der Waals surface area contributed by atoms with Gasteiger partial charge in [-0.2, -0.15) is 0 Å². The number of aromatic nitrogens is 4. The summed E-state index contributed by atoms with van der Waals surface area (Å²) >= 11 is 0. The van der Waals surface area contributed by atoms with Gasteiger partial charge in [-0.05, 0) is 19.1 Å². The van der Waals surface area contributed by atoms with Crippen molar-refractivity contribution in [1.82, 2.24) is 19.7 Å². The molecule has 4 rings (SSSR count). The highest BCUT2D eigenvalue weighted by atomic mass is 16.1. The Kier molecular flexibility index (Phi) is 5.01. The highest BCUT2D eigenvalue weighted by Crippen LogP contribution is 2.21. The number of nitrogens with one attached hydrogen (secondary N) is 2. The van der Waals surface area contributed by atoms with Crippen LogP contribution in [0.4, 0.5) is 0 Å². The molecule has 2 aromatic heterocycles. The molecule has 28 heavy (non-hydrogen) atoms. The van der Waals surface area contributed by atoms with Gasteiger partial charge in [0.25, 0.3) is 5.56 Å². The molecule has 0 unspecified atom stereocenters. The lowest BCUT2D eigenvalue weighted by atomic mass is 10.1. The van der Waals surface area contributed by atoms with Crippen LogP contribution in [-0.4, -0.2) is 32.0 Å². The summed E-state index contributed by atoms with van der Waals surface area (Å²) in [5, 5.41) is 3.27. The van der Waals surface area contributed by atoms with Crippen LogP contribution >= 0.6 is 0 Å². The zero-order valence-electron chi connectivity index (χ0n) is 15.6. The fraction of sp³-hybridized carbons (Fsp3) is 0.136. The first kappa shape index (κ1) is 17.7. The molecule has 0 radical (unpaired) electrons. The minimum atomic E-state index is -0.104. The van der Waals surface area contributed by atoms with Crippen molar-refractivity contribution in [1.29, 1.82) is 0 Å². The highest BCUT2D eigenvalue weighted by molar-refractivity contribution is 6.03. The van der Waals surface area contributed by atoms with Crippen LogP contribution < -0.4 is 5.56 Å². The Hall–Kier alpha value is -3.67. The van der Waals surface area contributed by atoms with Crippen LogP contribution in [0, 0.1) is 0 Å². The molecular weight excluding hydrogens is 350 g/mol. The van der Waals surface area contributed by atoms with Gasteiger partial charge in [-0.25, -0.2) is 9.67 Å². The van der Waals surface area contributed by atoms with Gasteiger partial charge < -0.3 is 4.98 Å². The van der Waals surface area contributed by atoms with Crippen molar-refractivity contribution in [2.45, 2.75) is 13.3 Å². The lowest BCUT2D eigenvalue weighted by Gasteiger charge is -2.03. The van der Waals surface area contributed by atoms with Crippen molar-refractivity contribution in [2.75, 3.05) is 6.54 Å². The van der Waals surface area contributed by atoms with Crippen molar-refractivity contribution < 1.29 is 0 Å². The third-order valence-corrected chi connectivity index (χ3v) is 4.61. The van der Waals surface area contributed by atoms with E-state index in [2.05, 4.69) is 20.1 Å². The molecule has 4 aromatic rings. The number of para-hydroxylation sites is 1. The Morgan fingerprint density at radius 3 is 2.46 bits per heavy atom. The number of imidazole rings is 1. The van der Waals surface area contributed by atoms with Gasteiger partial charge in [0, 0.05) is 36.1 Å². The number of hydrogen-bond acceptors (Lipinski definition) is 3. The number of hydrogen-bond donors (Lipinski definition) is 2. The molecule has 0 aliphatic heterocycles. The lowest BCUT2D eigenvalue weighted by Crippen LogP contribution is -2.19. The third kappa shape index (κ3) is 3.57. The van der Waals surface area contributed by atoms with Crippen LogP contribution in [0.1, 0.15) is 18.2 Å². The number of aromatic amines is 2. The number of aliphatic imine (C=N–C) groups is 1. The van der Waals surface area contributed by atoms with Gasteiger partial charge in [-0.3, -0.25) is 14.9 Å². The molecule has 0 saturated heterocycles. The molecular formula is C22H21N5O. The summed E-state index contributed by atoms with van der Waals surface area (Å²) in [6.45, 7) is 2.47. The quantitative estimate of drug-likeness (QED) is 0.508. The summed E-state index contributed by atoms with van der Waals surface area (Å²) in [6.07, 6.45) is 4.19. The fourth-order valence-corrected chi connectivity index (χ4v) is 3.19. The van der Waals surface area contributed by atoms with E-state index in [0.29, 0.717) is 17.8 Å². The molecule has 0 aliphatic rings. The van der Waals surface area contributed by atoms with Gasteiger partial charge in [-0.1, -0.05) is 48.5 Å². The molecule has 6 nitrogen and oxygen atoms in total. The maximum Gasteiger partial charge on any atom is 0.280 e. The maximum atomic E-state index is 13.2. The second-order valence-corrected chi connectivity index (χ2v) is 6.50. The van der Waals surface area contributed by atoms with E-state index in [1.807, 2.05) is 67.6 Å². The Morgan fingerprint density at radius 1 is 1.07 bits per heavy atom. The maximum absolute atomic E-state index is 13.2. The minimum Gasteiger partial charge on any atom is -0.348 e. The molecule has 0 amide bonds.